The van der Waals surface area contributed by atoms with Crippen molar-refractivity contribution in [2.24, 2.45) is 11.3 Å². The van der Waals surface area contributed by atoms with Crippen LogP contribution < -0.4 is 9.47 Å². The third-order valence-electron chi connectivity index (χ3n) is 5.64. The molecule has 0 saturated heterocycles. The van der Waals surface area contributed by atoms with Crippen molar-refractivity contribution in [2.45, 2.75) is 26.7 Å². The highest BCUT2D eigenvalue weighted by molar-refractivity contribution is 5.46. The molecule has 5 heteroatoms. The first kappa shape index (κ1) is 22.3. The van der Waals surface area contributed by atoms with Crippen LogP contribution in [0.25, 0.3) is 0 Å². The molecule has 5 nitrogen and oxygen atoms in total. The molecule has 0 spiro atoms. The van der Waals surface area contributed by atoms with Gasteiger partial charge in [0.2, 0.25) is 0 Å². The fourth-order valence-corrected chi connectivity index (χ4v) is 4.18. The maximum atomic E-state index is 10.8. The lowest BCUT2D eigenvalue weighted by Gasteiger charge is -2.35. The molecule has 1 aliphatic rings. The molecule has 3 aromatic rings. The Kier molecular flexibility index (Phi) is 6.05. The fourth-order valence-electron chi connectivity index (χ4n) is 4.18. The summed E-state index contributed by atoms with van der Waals surface area (Å²) >= 11 is 0. The lowest BCUT2D eigenvalue weighted by molar-refractivity contribution is 0.280. The Bertz CT molecular complexity index is 1170. The monoisotopic (exact) mass is 444 g/mol. The highest BCUT2D eigenvalue weighted by atomic mass is 16.5. The van der Waals surface area contributed by atoms with Crippen LogP contribution in [0.5, 0.6) is 34.5 Å². The first-order valence-corrected chi connectivity index (χ1v) is 10.9. The van der Waals surface area contributed by atoms with Crippen LogP contribution in [0.2, 0.25) is 0 Å². The summed E-state index contributed by atoms with van der Waals surface area (Å²) in [7, 11) is 0. The average molecular weight is 445 g/mol. The third-order valence-corrected chi connectivity index (χ3v) is 5.64. The lowest BCUT2D eigenvalue weighted by Crippen LogP contribution is -2.24. The van der Waals surface area contributed by atoms with Crippen LogP contribution in [-0.2, 0) is 0 Å². The maximum absolute atomic E-state index is 10.8. The summed E-state index contributed by atoms with van der Waals surface area (Å²) in [6.45, 7) is 6.43. The van der Waals surface area contributed by atoms with Crippen LogP contribution in [0.3, 0.4) is 0 Å². The quantitative estimate of drug-likeness (QED) is 0.386. The van der Waals surface area contributed by atoms with Gasteiger partial charge in [-0.15, -0.1) is 0 Å². The van der Waals surface area contributed by atoms with Gasteiger partial charge in [-0.25, -0.2) is 0 Å². The number of allylic oxidation sites excluding steroid dienone is 3. The van der Waals surface area contributed by atoms with Gasteiger partial charge < -0.3 is 24.8 Å². The molecule has 3 N–H and O–H groups in total. The number of aromatic hydroxyl groups is 3. The van der Waals surface area contributed by atoms with E-state index in [2.05, 4.69) is 32.9 Å². The van der Waals surface area contributed by atoms with Crippen molar-refractivity contribution >= 4 is 0 Å². The molecule has 0 fully saturated rings. The SMILES string of the molecule is CC(C)(C)C(c1cc(Oc2ccc(O)cc2)ccc1O)C1C=CC(Oc2ccc(O)cc2)=C1. The molecule has 0 aliphatic heterocycles. The zero-order valence-electron chi connectivity index (χ0n) is 18.9. The molecule has 2 unspecified atom stereocenters. The fraction of sp³-hybridized carbons (Fsp3) is 0.214. The molecule has 3 aromatic carbocycles. The predicted octanol–water partition coefficient (Wildman–Crippen LogP) is 6.87. The van der Waals surface area contributed by atoms with E-state index in [1.54, 1.807) is 60.7 Å². The number of phenolic OH excluding ortho intramolecular Hbond substituents is 3. The Balaban J connectivity index is 1.61. The number of hydrogen-bond acceptors (Lipinski definition) is 5. The van der Waals surface area contributed by atoms with Crippen molar-refractivity contribution in [2.75, 3.05) is 0 Å². The Labute approximate surface area is 193 Å². The molecular weight excluding hydrogens is 416 g/mol. The van der Waals surface area contributed by atoms with Gasteiger partial charge in [-0.1, -0.05) is 26.8 Å². The van der Waals surface area contributed by atoms with Gasteiger partial charge in [-0.3, -0.25) is 0 Å². The van der Waals surface area contributed by atoms with E-state index in [0.717, 1.165) is 11.3 Å². The smallest absolute Gasteiger partial charge is 0.127 e. The Morgan fingerprint density at radius 2 is 1.27 bits per heavy atom. The summed E-state index contributed by atoms with van der Waals surface area (Å²) in [6, 6.07) is 18.4. The summed E-state index contributed by atoms with van der Waals surface area (Å²) in [5.74, 6) is 3.10. The van der Waals surface area contributed by atoms with Gasteiger partial charge in [0.1, 0.15) is 40.3 Å². The number of phenols is 3. The van der Waals surface area contributed by atoms with Gasteiger partial charge in [-0.05, 0) is 84.3 Å². The standard InChI is InChI=1S/C28H28O5/c1-28(2,3)27(18-4-9-23(16-18)32-21-10-5-19(29)6-11-21)25-17-24(14-15-26(25)31)33-22-12-7-20(30)8-13-22/h4-18,27,29-31H,1-3H3. The van der Waals surface area contributed by atoms with E-state index in [1.165, 1.54) is 0 Å². The van der Waals surface area contributed by atoms with Crippen molar-refractivity contribution in [1.82, 2.24) is 0 Å². The van der Waals surface area contributed by atoms with Crippen LogP contribution in [0.15, 0.2) is 90.7 Å². The second-order valence-corrected chi connectivity index (χ2v) is 9.26. The van der Waals surface area contributed by atoms with E-state index < -0.39 is 0 Å². The number of hydrogen-bond donors (Lipinski definition) is 3. The van der Waals surface area contributed by atoms with Crippen LogP contribution in [0.1, 0.15) is 32.3 Å². The summed E-state index contributed by atoms with van der Waals surface area (Å²) < 4.78 is 11.9. The lowest BCUT2D eigenvalue weighted by atomic mass is 9.69. The van der Waals surface area contributed by atoms with Gasteiger partial charge >= 0.3 is 0 Å². The Hall–Kier alpha value is -3.86. The molecule has 0 bridgehead atoms. The molecule has 0 aromatic heterocycles. The molecular formula is C28H28O5. The highest BCUT2D eigenvalue weighted by Gasteiger charge is 2.35. The maximum Gasteiger partial charge on any atom is 0.127 e. The van der Waals surface area contributed by atoms with E-state index in [0.29, 0.717) is 17.2 Å². The van der Waals surface area contributed by atoms with Gasteiger partial charge in [0, 0.05) is 17.4 Å². The summed E-state index contributed by atoms with van der Waals surface area (Å²) in [5.41, 5.74) is 0.615. The minimum absolute atomic E-state index is 0.00642. The molecule has 0 radical (unpaired) electrons. The van der Waals surface area contributed by atoms with Crippen molar-refractivity contribution in [3.05, 3.63) is 96.3 Å². The van der Waals surface area contributed by atoms with Crippen molar-refractivity contribution in [3.63, 3.8) is 0 Å². The summed E-state index contributed by atoms with van der Waals surface area (Å²) in [4.78, 5) is 0. The summed E-state index contributed by atoms with van der Waals surface area (Å²) in [5, 5.41) is 29.7. The molecule has 0 amide bonds. The van der Waals surface area contributed by atoms with Crippen LogP contribution in [-0.4, -0.2) is 15.3 Å². The van der Waals surface area contributed by atoms with Crippen molar-refractivity contribution in [1.29, 1.82) is 0 Å². The van der Waals surface area contributed by atoms with Gasteiger partial charge in [0.05, 0.1) is 0 Å². The molecule has 1 aliphatic carbocycles. The highest BCUT2D eigenvalue weighted by Crippen LogP contribution is 2.48. The minimum Gasteiger partial charge on any atom is -0.508 e. The second kappa shape index (κ2) is 8.94. The van der Waals surface area contributed by atoms with Crippen LogP contribution in [0, 0.1) is 11.3 Å². The van der Waals surface area contributed by atoms with Crippen molar-refractivity contribution in [3.8, 4) is 34.5 Å². The number of rotatable bonds is 6. The van der Waals surface area contributed by atoms with Crippen molar-refractivity contribution < 1.29 is 24.8 Å². The van der Waals surface area contributed by atoms with E-state index in [4.69, 9.17) is 9.47 Å². The first-order chi connectivity index (χ1) is 15.7. The molecule has 4 rings (SSSR count). The minimum atomic E-state index is -0.172. The normalized spacial score (nSPS) is 16.3. The van der Waals surface area contributed by atoms with Gasteiger partial charge in [-0.2, -0.15) is 0 Å². The van der Waals surface area contributed by atoms with Crippen LogP contribution in [0.4, 0.5) is 0 Å². The molecule has 0 saturated carbocycles. The first-order valence-electron chi connectivity index (χ1n) is 10.9. The number of ether oxygens (including phenoxy) is 2. The van der Waals surface area contributed by atoms with Gasteiger partial charge in [0.25, 0.3) is 0 Å². The Morgan fingerprint density at radius 3 is 1.85 bits per heavy atom. The topological polar surface area (TPSA) is 79.2 Å². The molecule has 0 heterocycles. The van der Waals surface area contributed by atoms with E-state index in [-0.39, 0.29) is 34.5 Å². The van der Waals surface area contributed by atoms with E-state index >= 15 is 0 Å². The van der Waals surface area contributed by atoms with E-state index in [1.807, 2.05) is 12.1 Å². The zero-order chi connectivity index (χ0) is 23.6. The molecule has 33 heavy (non-hydrogen) atoms. The molecule has 2 atom stereocenters. The largest absolute Gasteiger partial charge is 0.508 e. The van der Waals surface area contributed by atoms with Crippen LogP contribution >= 0.6 is 0 Å². The third kappa shape index (κ3) is 5.32. The average Bonchev–Trinajstić information content (AvgIpc) is 3.20. The van der Waals surface area contributed by atoms with E-state index in [9.17, 15) is 15.3 Å². The Morgan fingerprint density at radius 1 is 0.727 bits per heavy atom. The number of benzene rings is 3. The predicted molar refractivity (Wildman–Crippen MR) is 128 cm³/mol. The summed E-state index contributed by atoms with van der Waals surface area (Å²) in [6.07, 6.45) is 6.07. The zero-order valence-corrected chi connectivity index (χ0v) is 18.9. The van der Waals surface area contributed by atoms with Gasteiger partial charge in [0.15, 0.2) is 0 Å². The second-order valence-electron chi connectivity index (χ2n) is 9.26. The molecule has 170 valence electrons.